The molecule has 2 aromatic rings. The molecule has 0 fully saturated rings. The fourth-order valence-electron chi connectivity index (χ4n) is 2.04. The van der Waals surface area contributed by atoms with Crippen molar-refractivity contribution in [1.82, 2.24) is 14.8 Å². The molecule has 0 bridgehead atoms. The minimum Gasteiger partial charge on any atom is -0.350 e. The number of carbonyl (C=O) groups excluding carboxylic acids is 1. The summed E-state index contributed by atoms with van der Waals surface area (Å²) in [5, 5.41) is 6.99. The van der Waals surface area contributed by atoms with Crippen molar-refractivity contribution in [3.63, 3.8) is 0 Å². The van der Waals surface area contributed by atoms with E-state index in [-0.39, 0.29) is 17.5 Å². The van der Waals surface area contributed by atoms with Gasteiger partial charge in [0.25, 0.3) is 11.5 Å². The van der Waals surface area contributed by atoms with Crippen molar-refractivity contribution in [3.8, 4) is 0 Å². The first kappa shape index (κ1) is 15.5. The van der Waals surface area contributed by atoms with Gasteiger partial charge in [-0.2, -0.15) is 11.3 Å². The summed E-state index contributed by atoms with van der Waals surface area (Å²) in [6.45, 7) is 0.498. The zero-order valence-electron chi connectivity index (χ0n) is 12.4. The Morgan fingerprint density at radius 3 is 2.76 bits per heavy atom. The van der Waals surface area contributed by atoms with E-state index < -0.39 is 0 Å². The largest absolute Gasteiger partial charge is 0.350 e. The van der Waals surface area contributed by atoms with E-state index in [2.05, 4.69) is 21.7 Å². The summed E-state index contributed by atoms with van der Waals surface area (Å²) in [6.07, 6.45) is 1.60. The van der Waals surface area contributed by atoms with E-state index in [9.17, 15) is 9.59 Å². The van der Waals surface area contributed by atoms with Gasteiger partial charge in [0.1, 0.15) is 0 Å². The van der Waals surface area contributed by atoms with Gasteiger partial charge in [0.2, 0.25) is 0 Å². The molecule has 1 amide bonds. The number of pyridine rings is 1. The second kappa shape index (κ2) is 6.69. The lowest BCUT2D eigenvalue weighted by Gasteiger charge is -2.24. The van der Waals surface area contributed by atoms with Crippen molar-refractivity contribution in [2.24, 2.45) is 7.05 Å². The molecule has 5 nitrogen and oxygen atoms in total. The molecule has 0 unspecified atom stereocenters. The average molecular weight is 305 g/mol. The number of aryl methyl sites for hydroxylation is 1. The van der Waals surface area contributed by atoms with Gasteiger partial charge in [0.05, 0.1) is 6.04 Å². The number of hydrogen-bond acceptors (Lipinski definition) is 4. The molecule has 0 aliphatic carbocycles. The summed E-state index contributed by atoms with van der Waals surface area (Å²) >= 11 is 1.64. The van der Waals surface area contributed by atoms with Gasteiger partial charge in [0, 0.05) is 31.4 Å². The first-order valence-electron chi connectivity index (χ1n) is 6.62. The number of likely N-dealkylation sites (N-methyl/N-ethyl adjacent to an activating group) is 1. The van der Waals surface area contributed by atoms with E-state index in [0.29, 0.717) is 12.1 Å². The third-order valence-corrected chi connectivity index (χ3v) is 4.08. The second-order valence-corrected chi connectivity index (χ2v) is 5.89. The molecule has 2 rings (SSSR count). The topological polar surface area (TPSA) is 54.3 Å². The number of rotatable bonds is 5. The van der Waals surface area contributed by atoms with Crippen molar-refractivity contribution < 1.29 is 4.79 Å². The lowest BCUT2D eigenvalue weighted by Crippen LogP contribution is -2.35. The van der Waals surface area contributed by atoms with Crippen LogP contribution in [0.25, 0.3) is 0 Å². The molecule has 1 atom stereocenters. The van der Waals surface area contributed by atoms with Gasteiger partial charge in [-0.25, -0.2) is 0 Å². The molecule has 0 aliphatic rings. The number of thiophene rings is 1. The van der Waals surface area contributed by atoms with Crippen LogP contribution in [0.5, 0.6) is 0 Å². The molecule has 0 spiro atoms. The number of carbonyl (C=O) groups is 1. The van der Waals surface area contributed by atoms with Crippen molar-refractivity contribution in [2.75, 3.05) is 20.6 Å². The number of amides is 1. The number of nitrogens with zero attached hydrogens (tertiary/aromatic N) is 2. The van der Waals surface area contributed by atoms with E-state index in [4.69, 9.17) is 0 Å². The molecular formula is C15H19N3O2S. The van der Waals surface area contributed by atoms with Crippen LogP contribution in [-0.4, -0.2) is 36.0 Å². The highest BCUT2D eigenvalue weighted by atomic mass is 32.1. The van der Waals surface area contributed by atoms with E-state index >= 15 is 0 Å². The Morgan fingerprint density at radius 2 is 2.19 bits per heavy atom. The first-order chi connectivity index (χ1) is 9.99. The van der Waals surface area contributed by atoms with Crippen LogP contribution in [0, 0.1) is 0 Å². The monoisotopic (exact) mass is 305 g/mol. The quantitative estimate of drug-likeness (QED) is 0.910. The fraction of sp³-hybridized carbons (Fsp3) is 0.333. The van der Waals surface area contributed by atoms with Gasteiger partial charge in [-0.1, -0.05) is 0 Å². The van der Waals surface area contributed by atoms with Gasteiger partial charge in [-0.05, 0) is 42.6 Å². The van der Waals surface area contributed by atoms with Gasteiger partial charge < -0.3 is 14.8 Å². The van der Waals surface area contributed by atoms with Crippen LogP contribution >= 0.6 is 11.3 Å². The third kappa shape index (κ3) is 3.80. The van der Waals surface area contributed by atoms with Crippen LogP contribution in [0.2, 0.25) is 0 Å². The van der Waals surface area contributed by atoms with Crippen LogP contribution in [0.3, 0.4) is 0 Å². The van der Waals surface area contributed by atoms with E-state index in [0.717, 1.165) is 0 Å². The highest BCUT2D eigenvalue weighted by Gasteiger charge is 2.16. The summed E-state index contributed by atoms with van der Waals surface area (Å²) in [4.78, 5) is 25.7. The normalized spacial score (nSPS) is 12.4. The molecule has 0 aliphatic heterocycles. The van der Waals surface area contributed by atoms with E-state index in [1.54, 1.807) is 30.6 Å². The highest BCUT2D eigenvalue weighted by molar-refractivity contribution is 7.07. The molecule has 21 heavy (non-hydrogen) atoms. The molecular weight excluding hydrogens is 286 g/mol. The molecule has 112 valence electrons. The zero-order chi connectivity index (χ0) is 15.4. The Morgan fingerprint density at radius 1 is 1.43 bits per heavy atom. The van der Waals surface area contributed by atoms with Crippen LogP contribution in [0.1, 0.15) is 22.0 Å². The minimum absolute atomic E-state index is 0.117. The SMILES string of the molecule is CN(C)[C@@H](CNC(=O)c1ccn(C)c(=O)c1)c1ccsc1. The minimum atomic E-state index is -0.227. The maximum atomic E-state index is 12.1. The number of hydrogen-bond donors (Lipinski definition) is 1. The third-order valence-electron chi connectivity index (χ3n) is 3.37. The van der Waals surface area contributed by atoms with Crippen LogP contribution in [-0.2, 0) is 7.05 Å². The van der Waals surface area contributed by atoms with Gasteiger partial charge in [0.15, 0.2) is 0 Å². The lowest BCUT2D eigenvalue weighted by molar-refractivity contribution is 0.0941. The maximum Gasteiger partial charge on any atom is 0.251 e. The molecule has 0 aromatic carbocycles. The Hall–Kier alpha value is -1.92. The maximum absolute atomic E-state index is 12.1. The summed E-state index contributed by atoms with van der Waals surface area (Å²) < 4.78 is 1.44. The first-order valence-corrected chi connectivity index (χ1v) is 7.56. The van der Waals surface area contributed by atoms with Gasteiger partial charge in [-0.15, -0.1) is 0 Å². The van der Waals surface area contributed by atoms with Crippen molar-refractivity contribution >= 4 is 17.2 Å². The average Bonchev–Trinajstić information content (AvgIpc) is 2.95. The molecule has 2 aromatic heterocycles. The van der Waals surface area contributed by atoms with E-state index in [1.165, 1.54) is 16.2 Å². The lowest BCUT2D eigenvalue weighted by atomic mass is 10.1. The van der Waals surface area contributed by atoms with Crippen LogP contribution in [0.4, 0.5) is 0 Å². The summed E-state index contributed by atoms with van der Waals surface area (Å²) in [5.74, 6) is -0.227. The predicted octanol–water partition coefficient (Wildman–Crippen LogP) is 1.48. The Bertz CT molecular complexity index is 662. The molecule has 0 radical (unpaired) electrons. The van der Waals surface area contributed by atoms with Crippen LogP contribution < -0.4 is 10.9 Å². The molecule has 1 N–H and O–H groups in total. The Labute approximate surface area is 127 Å². The summed E-state index contributed by atoms with van der Waals surface area (Å²) in [7, 11) is 5.61. The highest BCUT2D eigenvalue weighted by Crippen LogP contribution is 2.20. The number of nitrogens with one attached hydrogen (secondary N) is 1. The predicted molar refractivity (Wildman–Crippen MR) is 84.8 cm³/mol. The zero-order valence-corrected chi connectivity index (χ0v) is 13.2. The van der Waals surface area contributed by atoms with Gasteiger partial charge >= 0.3 is 0 Å². The van der Waals surface area contributed by atoms with Gasteiger partial charge in [-0.3, -0.25) is 9.59 Å². The second-order valence-electron chi connectivity index (χ2n) is 5.11. The smallest absolute Gasteiger partial charge is 0.251 e. The van der Waals surface area contributed by atoms with Crippen molar-refractivity contribution in [2.45, 2.75) is 6.04 Å². The van der Waals surface area contributed by atoms with E-state index in [1.807, 2.05) is 19.5 Å². The van der Waals surface area contributed by atoms with Crippen molar-refractivity contribution in [1.29, 1.82) is 0 Å². The van der Waals surface area contributed by atoms with Crippen molar-refractivity contribution in [3.05, 3.63) is 56.6 Å². The summed E-state index contributed by atoms with van der Waals surface area (Å²) in [5.41, 5.74) is 1.37. The van der Waals surface area contributed by atoms with Crippen LogP contribution in [0.15, 0.2) is 40.0 Å². The molecule has 2 heterocycles. The Balaban J connectivity index is 2.05. The molecule has 0 saturated carbocycles. The number of aromatic nitrogens is 1. The Kier molecular flexibility index (Phi) is 4.93. The standard InChI is InChI=1S/C15H19N3O2S/c1-17(2)13(12-5-7-21-10-12)9-16-15(20)11-4-6-18(3)14(19)8-11/h4-8,10,13H,9H2,1-3H3,(H,16,20)/t13-/m0/s1. The fourth-order valence-corrected chi connectivity index (χ4v) is 2.75. The molecule has 0 saturated heterocycles. The molecule has 6 heteroatoms. The summed E-state index contributed by atoms with van der Waals surface area (Å²) in [6, 6.07) is 5.17.